The highest BCUT2D eigenvalue weighted by Crippen LogP contribution is 2.42. The zero-order chi connectivity index (χ0) is 27.6. The molecule has 2 saturated heterocycles. The summed E-state index contributed by atoms with van der Waals surface area (Å²) in [6.45, 7) is 6.50. The third kappa shape index (κ3) is 6.11. The number of benzene rings is 1. The summed E-state index contributed by atoms with van der Waals surface area (Å²) in [6, 6.07) is 8.06. The number of carbonyl (C=O) groups is 2. The Morgan fingerprint density at radius 1 is 1.13 bits per heavy atom. The van der Waals surface area contributed by atoms with Crippen LogP contribution in [0.25, 0.3) is 0 Å². The minimum absolute atomic E-state index is 0.0325. The second-order valence-electron chi connectivity index (χ2n) is 9.83. The fraction of sp³-hybridized carbons (Fsp3) is 0.520. The number of nitrogens with zero attached hydrogens (tertiary/aromatic N) is 1. The summed E-state index contributed by atoms with van der Waals surface area (Å²) in [5, 5.41) is 2.52. The Labute approximate surface area is 217 Å². The lowest BCUT2D eigenvalue weighted by Crippen LogP contribution is -2.46. The van der Waals surface area contributed by atoms with E-state index in [0.29, 0.717) is 0 Å². The van der Waals surface area contributed by atoms with Crippen molar-refractivity contribution in [2.75, 3.05) is 6.61 Å². The lowest BCUT2D eigenvalue weighted by molar-refractivity contribution is -0.203. The van der Waals surface area contributed by atoms with Gasteiger partial charge in [-0.2, -0.15) is 4.39 Å². The quantitative estimate of drug-likeness (QED) is 0.481. The minimum Gasteiger partial charge on any atom is -0.461 e. The second-order valence-corrected chi connectivity index (χ2v) is 9.83. The largest absolute Gasteiger partial charge is 0.461 e. The molecule has 0 radical (unpaired) electrons. The topological polar surface area (TPSA) is 147 Å². The van der Waals surface area contributed by atoms with E-state index in [4.69, 9.17) is 23.7 Å². The van der Waals surface area contributed by atoms with E-state index in [9.17, 15) is 23.6 Å². The Bertz CT molecular complexity index is 1280. The maximum atomic E-state index is 13.9. The molecule has 4 rings (SSSR count). The van der Waals surface area contributed by atoms with Gasteiger partial charge in [0, 0.05) is 0 Å². The first-order valence-corrected chi connectivity index (χ1v) is 12.1. The van der Waals surface area contributed by atoms with Crippen LogP contribution >= 0.6 is 0 Å². The molecule has 1 aromatic carbocycles. The van der Waals surface area contributed by atoms with Crippen LogP contribution in [-0.4, -0.2) is 58.4 Å². The van der Waals surface area contributed by atoms with Crippen LogP contribution in [-0.2, 0) is 35.1 Å². The molecule has 0 spiro atoms. The average Bonchev–Trinajstić information content (AvgIpc) is 3.35. The van der Waals surface area contributed by atoms with Crippen LogP contribution in [0.4, 0.5) is 9.18 Å². The number of H-pyrrole nitrogens is 1. The number of esters is 1. The summed E-state index contributed by atoms with van der Waals surface area (Å²) in [4.78, 5) is 50.9. The van der Waals surface area contributed by atoms with E-state index in [1.54, 1.807) is 39.8 Å². The van der Waals surface area contributed by atoms with Crippen molar-refractivity contribution in [3.63, 3.8) is 0 Å². The van der Waals surface area contributed by atoms with Gasteiger partial charge in [0.25, 0.3) is 5.56 Å². The highest BCUT2D eigenvalue weighted by Gasteiger charge is 2.56. The number of nitrogens with one attached hydrogen (secondary N) is 2. The molecule has 0 aliphatic carbocycles. The molecule has 13 heteroatoms. The van der Waals surface area contributed by atoms with Crippen LogP contribution in [0.15, 0.2) is 46.1 Å². The lowest BCUT2D eigenvalue weighted by Gasteiger charge is -2.25. The molecular formula is C25H30FN3O9. The van der Waals surface area contributed by atoms with Crippen LogP contribution < -0.4 is 16.6 Å². The van der Waals surface area contributed by atoms with Gasteiger partial charge in [0.15, 0.2) is 12.0 Å². The number of hydrogen-bond donors (Lipinski definition) is 2. The van der Waals surface area contributed by atoms with E-state index >= 15 is 0 Å². The third-order valence-corrected chi connectivity index (χ3v) is 6.12. The van der Waals surface area contributed by atoms with Crippen molar-refractivity contribution in [3.8, 4) is 0 Å². The standard InChI is InChI=1S/C25H30FN3O9/c1-13(2)17(27-24(33)35-11-14-8-6-5-7-9-14)22(31)34-12-16-18-19(38-25(3,4)37-18)21(36-16)29-10-15(26)20(30)28-23(29)32/h5-10,13,16-19,21H,11-12H2,1-4H3,(H,27,33)(H,28,30,32)/t16-,17+,18-,19-,21-/m1/s1. The van der Waals surface area contributed by atoms with Gasteiger partial charge in [-0.05, 0) is 25.3 Å². The van der Waals surface area contributed by atoms with Crippen molar-refractivity contribution in [2.24, 2.45) is 5.92 Å². The van der Waals surface area contributed by atoms with E-state index in [2.05, 4.69) is 5.32 Å². The molecule has 3 heterocycles. The normalized spacial score (nSPS) is 24.6. The lowest BCUT2D eigenvalue weighted by atomic mass is 10.1. The van der Waals surface area contributed by atoms with Crippen LogP contribution in [0.5, 0.6) is 0 Å². The summed E-state index contributed by atoms with van der Waals surface area (Å²) in [6.07, 6.45) is -3.73. The fourth-order valence-electron chi connectivity index (χ4n) is 4.31. The molecule has 206 valence electrons. The molecule has 38 heavy (non-hydrogen) atoms. The van der Waals surface area contributed by atoms with Gasteiger partial charge in [-0.1, -0.05) is 44.2 Å². The van der Waals surface area contributed by atoms with Crippen molar-refractivity contribution in [3.05, 3.63) is 68.7 Å². The molecule has 5 atom stereocenters. The molecule has 2 fully saturated rings. The summed E-state index contributed by atoms with van der Waals surface area (Å²) < 4.78 is 43.1. The first-order chi connectivity index (χ1) is 17.9. The molecule has 12 nitrogen and oxygen atoms in total. The van der Waals surface area contributed by atoms with Crippen molar-refractivity contribution >= 4 is 12.1 Å². The number of fused-ring (bicyclic) bond motifs is 1. The maximum Gasteiger partial charge on any atom is 0.408 e. The number of ether oxygens (including phenoxy) is 5. The number of amides is 1. The Kier molecular flexibility index (Phi) is 7.99. The molecule has 2 aliphatic heterocycles. The van der Waals surface area contributed by atoms with Crippen LogP contribution in [0.1, 0.15) is 39.5 Å². The van der Waals surface area contributed by atoms with Crippen LogP contribution in [0, 0.1) is 11.7 Å². The van der Waals surface area contributed by atoms with Gasteiger partial charge in [0.1, 0.15) is 37.6 Å². The average molecular weight is 536 g/mol. The predicted molar refractivity (Wildman–Crippen MR) is 128 cm³/mol. The zero-order valence-electron chi connectivity index (χ0n) is 21.3. The van der Waals surface area contributed by atoms with Gasteiger partial charge in [0.05, 0.1) is 6.20 Å². The van der Waals surface area contributed by atoms with E-state index in [-0.39, 0.29) is 19.1 Å². The monoisotopic (exact) mass is 535 g/mol. The highest BCUT2D eigenvalue weighted by molar-refractivity contribution is 5.81. The molecule has 0 unspecified atom stereocenters. The van der Waals surface area contributed by atoms with Crippen molar-refractivity contribution in [1.29, 1.82) is 0 Å². The van der Waals surface area contributed by atoms with Crippen LogP contribution in [0.2, 0.25) is 0 Å². The zero-order valence-corrected chi connectivity index (χ0v) is 21.3. The Morgan fingerprint density at radius 2 is 1.82 bits per heavy atom. The number of rotatable bonds is 8. The first kappa shape index (κ1) is 27.5. The fourth-order valence-corrected chi connectivity index (χ4v) is 4.31. The maximum absolute atomic E-state index is 13.9. The number of aromatic nitrogens is 2. The highest BCUT2D eigenvalue weighted by atomic mass is 19.1. The summed E-state index contributed by atoms with van der Waals surface area (Å²) in [7, 11) is 0. The third-order valence-electron chi connectivity index (χ3n) is 6.12. The smallest absolute Gasteiger partial charge is 0.408 e. The van der Waals surface area contributed by atoms with Gasteiger partial charge in [-0.25, -0.2) is 14.4 Å². The predicted octanol–water partition coefficient (Wildman–Crippen LogP) is 1.59. The van der Waals surface area contributed by atoms with Crippen molar-refractivity contribution < 1.29 is 37.7 Å². The number of aromatic amines is 1. The Morgan fingerprint density at radius 3 is 2.50 bits per heavy atom. The number of halogens is 1. The molecule has 2 aromatic rings. The van der Waals surface area contributed by atoms with Crippen LogP contribution in [0.3, 0.4) is 0 Å². The van der Waals surface area contributed by atoms with E-state index in [0.717, 1.165) is 16.3 Å². The second kappa shape index (κ2) is 11.1. The van der Waals surface area contributed by atoms with E-state index in [1.807, 2.05) is 23.2 Å². The minimum atomic E-state index is -1.18. The molecule has 1 aromatic heterocycles. The number of carbonyl (C=O) groups excluding carboxylic acids is 2. The molecule has 0 saturated carbocycles. The van der Waals surface area contributed by atoms with Gasteiger partial charge in [-0.3, -0.25) is 14.3 Å². The van der Waals surface area contributed by atoms with E-state index < -0.39 is 65.5 Å². The van der Waals surface area contributed by atoms with Gasteiger partial charge >= 0.3 is 17.8 Å². The Balaban J connectivity index is 1.41. The number of alkyl carbamates (subject to hydrolysis) is 1. The molecule has 2 aliphatic rings. The Hall–Kier alpha value is -3.55. The van der Waals surface area contributed by atoms with Crippen molar-refractivity contribution in [2.45, 2.75) is 70.7 Å². The van der Waals surface area contributed by atoms with Gasteiger partial charge in [-0.15, -0.1) is 0 Å². The molecule has 2 N–H and O–H groups in total. The van der Waals surface area contributed by atoms with Crippen molar-refractivity contribution in [1.82, 2.24) is 14.9 Å². The summed E-state index contributed by atoms with van der Waals surface area (Å²) >= 11 is 0. The van der Waals surface area contributed by atoms with Gasteiger partial charge < -0.3 is 29.0 Å². The summed E-state index contributed by atoms with van der Waals surface area (Å²) in [5.41, 5.74) is -1.27. The van der Waals surface area contributed by atoms with E-state index in [1.165, 1.54) is 0 Å². The molecular weight excluding hydrogens is 505 g/mol. The SMILES string of the molecule is CC(C)[C@H](NC(=O)OCc1ccccc1)C(=O)OC[C@H]1O[C@@H](n2cc(F)c(=O)[nH]c2=O)[C@@H]2OC(C)(C)O[C@@H]21. The van der Waals surface area contributed by atoms with Gasteiger partial charge in [0.2, 0.25) is 5.82 Å². The number of hydrogen-bond acceptors (Lipinski definition) is 9. The molecule has 0 bridgehead atoms. The summed E-state index contributed by atoms with van der Waals surface area (Å²) in [5.74, 6) is -3.30. The first-order valence-electron chi connectivity index (χ1n) is 12.1. The molecule has 1 amide bonds.